The van der Waals surface area contributed by atoms with Gasteiger partial charge in [-0.3, -0.25) is 24.1 Å². The maximum atomic E-state index is 16.0. The summed E-state index contributed by atoms with van der Waals surface area (Å²) in [6, 6.07) is 16.2. The van der Waals surface area contributed by atoms with E-state index in [1.54, 1.807) is 54.5 Å². The Labute approximate surface area is 547 Å². The van der Waals surface area contributed by atoms with E-state index in [0.29, 0.717) is 18.0 Å². The number of fused-ring (bicyclic) bond motifs is 1. The number of benzene rings is 1. The summed E-state index contributed by atoms with van der Waals surface area (Å²) in [5.74, 6) is -7.96. The van der Waals surface area contributed by atoms with Gasteiger partial charge in [0.2, 0.25) is 5.91 Å². The number of hydrogen-bond acceptors (Lipinski definition) is 23. The van der Waals surface area contributed by atoms with Crippen LogP contribution in [0, 0.1) is 48.3 Å². The summed E-state index contributed by atoms with van der Waals surface area (Å²) in [4.78, 5) is 90.4. The summed E-state index contributed by atoms with van der Waals surface area (Å²) in [7, 11) is 4.25. The summed E-state index contributed by atoms with van der Waals surface area (Å²) in [6.07, 6.45) is -15.1. The van der Waals surface area contributed by atoms with Crippen LogP contribution >= 0.6 is 0 Å². The van der Waals surface area contributed by atoms with Crippen LogP contribution in [0.5, 0.6) is 0 Å². The van der Waals surface area contributed by atoms with Crippen LogP contribution < -0.4 is 10.6 Å². The van der Waals surface area contributed by atoms with Crippen molar-refractivity contribution in [1.82, 2.24) is 20.2 Å². The number of rotatable bonds is 20. The van der Waals surface area contributed by atoms with E-state index in [-0.39, 0.29) is 69.0 Å². The number of ether oxygens (including phenoxy) is 11. The average Bonchev–Trinajstić information content (AvgIpc) is 1.12. The zero-order chi connectivity index (χ0) is 68.2. The third kappa shape index (κ3) is 19.4. The number of nitrogens with one attached hydrogen (secondary N) is 2. The van der Waals surface area contributed by atoms with Gasteiger partial charge in [-0.1, -0.05) is 84.0 Å². The van der Waals surface area contributed by atoms with Crippen molar-refractivity contribution in [2.75, 3.05) is 46.3 Å². The number of aliphatic hydroxyl groups is 2. The van der Waals surface area contributed by atoms with Gasteiger partial charge >= 0.3 is 18.0 Å². The highest BCUT2D eigenvalue weighted by Crippen LogP contribution is 2.41. The molecule has 7 rings (SSSR count). The van der Waals surface area contributed by atoms with Gasteiger partial charge in [0.25, 0.3) is 0 Å². The van der Waals surface area contributed by atoms with Crippen molar-refractivity contribution in [1.29, 1.82) is 0 Å². The van der Waals surface area contributed by atoms with Crippen molar-refractivity contribution >= 4 is 52.3 Å². The molecule has 3 aromatic rings. The van der Waals surface area contributed by atoms with Crippen LogP contribution in [0.1, 0.15) is 127 Å². The maximum Gasteiger partial charge on any atom is 0.408 e. The predicted molar refractivity (Wildman–Crippen MR) is 342 cm³/mol. The molecule has 2 aromatic heterocycles. The zero-order valence-corrected chi connectivity index (χ0v) is 57.2. The Morgan fingerprint density at radius 2 is 1.49 bits per heavy atom. The summed E-state index contributed by atoms with van der Waals surface area (Å²) in [6.45, 7) is 25.0. The molecular weight excluding hydrogens is 1200 g/mol. The lowest BCUT2D eigenvalue weighted by atomic mass is 9.74. The van der Waals surface area contributed by atoms with Crippen molar-refractivity contribution in [2.24, 2.45) is 46.6 Å². The van der Waals surface area contributed by atoms with Gasteiger partial charge in [0.15, 0.2) is 35.9 Å². The van der Waals surface area contributed by atoms with Crippen molar-refractivity contribution < 1.29 is 91.1 Å². The second kappa shape index (κ2) is 33.7. The number of aromatic nitrogens is 2. The minimum Gasteiger partial charge on any atom is -0.461 e. The largest absolute Gasteiger partial charge is 0.461 e. The first-order valence-electron chi connectivity index (χ1n) is 32.7. The first-order valence-corrected chi connectivity index (χ1v) is 32.7. The van der Waals surface area contributed by atoms with Crippen LogP contribution in [-0.4, -0.2) is 199 Å². The fraction of sp³-hybridized carbons (Fsp3) is 0.706. The molecule has 4 saturated heterocycles. The van der Waals surface area contributed by atoms with Crippen molar-refractivity contribution in [3.05, 3.63) is 65.9 Å². The molecule has 0 spiro atoms. The van der Waals surface area contributed by atoms with Crippen LogP contribution in [0.3, 0.4) is 0 Å². The number of carbonyl (C=O) groups is 5. The van der Waals surface area contributed by atoms with Crippen LogP contribution in [0.25, 0.3) is 11.0 Å². The number of Topliss-reactive ketones (excluding diaryl/α,β-unsaturated/α-hetero) is 1. The average molecular weight is 1310 g/mol. The molecule has 0 saturated carbocycles. The van der Waals surface area contributed by atoms with E-state index in [9.17, 15) is 24.6 Å². The fourth-order valence-corrected chi connectivity index (χ4v) is 13.4. The first-order chi connectivity index (χ1) is 44.0. The van der Waals surface area contributed by atoms with E-state index in [1.807, 2.05) is 95.0 Å². The number of pyridine rings is 2. The number of esters is 2. The van der Waals surface area contributed by atoms with Crippen LogP contribution in [0.2, 0.25) is 0 Å². The molecule has 22 atom stereocenters. The highest BCUT2D eigenvalue weighted by atomic mass is 16.7. The highest BCUT2D eigenvalue weighted by Gasteiger charge is 2.53. The Morgan fingerprint density at radius 1 is 0.796 bits per heavy atom. The Bertz CT molecular complexity index is 2980. The minimum atomic E-state index is -2.02. The normalized spacial score (nSPS) is 35.2. The minimum absolute atomic E-state index is 0.0224. The Kier molecular flexibility index (Phi) is 27.0. The van der Waals surface area contributed by atoms with Crippen molar-refractivity contribution in [3.8, 4) is 0 Å². The molecule has 4 aliphatic rings. The number of amides is 2. The molecule has 6 heterocycles. The van der Waals surface area contributed by atoms with Gasteiger partial charge in [-0.2, -0.15) is 0 Å². The topological polar surface area (TPSA) is 302 Å². The second-order valence-electron chi connectivity index (χ2n) is 26.7. The van der Waals surface area contributed by atoms with E-state index in [0.717, 1.165) is 16.6 Å². The summed E-state index contributed by atoms with van der Waals surface area (Å²) in [5, 5.41) is 33.7. The molecule has 0 bridgehead atoms. The number of anilines is 1. The Balaban J connectivity index is 1.32. The van der Waals surface area contributed by atoms with E-state index in [1.165, 1.54) is 28.3 Å². The summed E-state index contributed by atoms with van der Waals surface area (Å²) in [5.41, 5.74) is 0.293. The van der Waals surface area contributed by atoms with E-state index < -0.39 is 151 Å². The lowest BCUT2D eigenvalue weighted by Crippen LogP contribution is -2.59. The number of hydrogen-bond donors (Lipinski definition) is 4. The molecule has 1 aromatic carbocycles. The molecule has 4 N–H and O–H groups in total. The second-order valence-corrected chi connectivity index (χ2v) is 26.7. The summed E-state index contributed by atoms with van der Waals surface area (Å²) < 4.78 is 71.1. The lowest BCUT2D eigenvalue weighted by Gasteiger charge is -2.45. The molecule has 4 fully saturated rings. The standard InChI is InChI=1S/C68H102N6O19/c1-35(2)27-52(76)89-58-43(10)57(37(4)34-85-66-61(83-16)60(82-15)54(77)46(13)88-66)91-64(80)45(12)59(90-53-28-39(6)74(32-41(8)86-53)33-51(75)71-50-26-25-48-24-23-38(5)70-63(48)72-50)42(9)56(92-65-55(78)49(73-84-17)29-40(7)87-65)36(3)30-68(14,62(79)44(58)11)93-67(81)69-31-47-21-19-18-20-22-47/h18-26,35-37,39-46,53-61,65-66,77-78H,27-34H2,1-17H3,(H,69,81)(H,70,71,72,75)/t36-,37-,39?,40+,41-,42+,43-,44+,45+,46+,53-,54+,55+,56-,57+,58+,59-,60+,61+,65-,66+,68-/m0/s1. The molecule has 0 aliphatic carbocycles. The van der Waals surface area contributed by atoms with Gasteiger partial charge in [0.1, 0.15) is 49.6 Å². The van der Waals surface area contributed by atoms with Crippen LogP contribution in [0.15, 0.2) is 59.8 Å². The van der Waals surface area contributed by atoms with Gasteiger partial charge in [0.05, 0.1) is 61.2 Å². The lowest BCUT2D eigenvalue weighted by molar-refractivity contribution is -0.305. The van der Waals surface area contributed by atoms with Crippen molar-refractivity contribution in [3.63, 3.8) is 0 Å². The molecule has 25 heteroatoms. The number of aliphatic hydroxyl groups excluding tert-OH is 2. The van der Waals surface area contributed by atoms with Gasteiger partial charge in [-0.25, -0.2) is 14.8 Å². The van der Waals surface area contributed by atoms with E-state index in [4.69, 9.17) is 56.9 Å². The smallest absolute Gasteiger partial charge is 0.408 e. The number of cyclic esters (lactones) is 1. The van der Waals surface area contributed by atoms with Crippen molar-refractivity contribution in [2.45, 2.75) is 227 Å². The monoisotopic (exact) mass is 1310 g/mol. The van der Waals surface area contributed by atoms with Crippen LogP contribution in [0.4, 0.5) is 10.6 Å². The van der Waals surface area contributed by atoms with Gasteiger partial charge in [-0.15, -0.1) is 0 Å². The van der Waals surface area contributed by atoms with Gasteiger partial charge in [0, 0.05) is 81.4 Å². The Hall–Kier alpha value is -5.84. The molecule has 25 nitrogen and oxygen atoms in total. The molecule has 93 heavy (non-hydrogen) atoms. The van der Waals surface area contributed by atoms with E-state index in [2.05, 4.69) is 25.8 Å². The zero-order valence-electron chi connectivity index (χ0n) is 57.2. The number of aryl methyl sites for hydroxylation is 1. The maximum absolute atomic E-state index is 16.0. The number of oxime groups is 1. The highest BCUT2D eigenvalue weighted by molar-refractivity contribution is 5.93. The van der Waals surface area contributed by atoms with Crippen LogP contribution in [-0.2, 0) is 82.7 Å². The van der Waals surface area contributed by atoms with Gasteiger partial charge in [-0.05, 0) is 96.6 Å². The van der Waals surface area contributed by atoms with E-state index >= 15 is 9.59 Å². The third-order valence-corrected chi connectivity index (χ3v) is 18.3. The Morgan fingerprint density at radius 3 is 2.17 bits per heavy atom. The number of nitrogens with zero attached hydrogens (tertiary/aromatic N) is 4. The first kappa shape index (κ1) is 74.6. The molecule has 2 amide bonds. The molecule has 1 unspecified atom stereocenters. The van der Waals surface area contributed by atoms with Gasteiger partial charge < -0.3 is 77.8 Å². The fourth-order valence-electron chi connectivity index (χ4n) is 13.4. The number of ketones is 1. The molecular formula is C68H102N6O19. The third-order valence-electron chi connectivity index (χ3n) is 18.3. The predicted octanol–water partition coefficient (Wildman–Crippen LogP) is 7.47. The molecule has 518 valence electrons. The number of alkyl carbamates (subject to hydrolysis) is 1. The quantitative estimate of drug-likeness (QED) is 0.0484. The molecule has 4 aliphatic heterocycles. The molecule has 0 radical (unpaired) electrons. The number of carbonyl (C=O) groups excluding carboxylic acids is 5. The number of methoxy groups -OCH3 is 2. The summed E-state index contributed by atoms with van der Waals surface area (Å²) >= 11 is 0. The SMILES string of the molecule is CON=C1C[C@@H](C)O[C@@H](O[C@@H]2[C@@H](C)[C@H](O[C@H]3CC(C)N(CC(=O)Nc4ccc5ccc(C)nc5n4)C[C@H](C)O3)[C@@H](C)C(=O)O[C@H]([C@@H](C)CO[C@@H]3O[C@H](C)[C@@H](O)[C@@H](OC)[C@H]3OC)[C@H](C)[C@@H](OC(=O)CC(C)C)[C@@H](C)C(=O)[C@@](C)(OC(=O)NCc3ccccc3)C[C@@H]2C)[C@@H]1O.